The Bertz CT molecular complexity index is 745. The van der Waals surface area contributed by atoms with E-state index in [2.05, 4.69) is 5.10 Å². The molecule has 0 N–H and O–H groups in total. The topological polar surface area (TPSA) is 61.2 Å². The number of aromatic nitrogens is 2. The highest BCUT2D eigenvalue weighted by atomic mass is 16.5. The fraction of sp³-hybridized carbons (Fsp3) is 0.421. The molecule has 0 saturated heterocycles. The van der Waals surface area contributed by atoms with Crippen molar-refractivity contribution in [2.45, 2.75) is 46.8 Å². The molecule has 0 saturated carbocycles. The van der Waals surface area contributed by atoms with E-state index in [1.165, 1.54) is 6.07 Å². The third-order valence-corrected chi connectivity index (χ3v) is 3.78. The summed E-state index contributed by atoms with van der Waals surface area (Å²) >= 11 is 0. The molecule has 0 radical (unpaired) electrons. The van der Waals surface area contributed by atoms with Crippen LogP contribution in [0, 0.1) is 12.3 Å². The van der Waals surface area contributed by atoms with Crippen molar-refractivity contribution in [1.82, 2.24) is 9.78 Å². The number of carbonyl (C=O) groups is 1. The van der Waals surface area contributed by atoms with Crippen molar-refractivity contribution in [3.05, 3.63) is 64.1 Å². The SMILES string of the molecule is Cc1ccc(=O)n(CC(=O)O[C@@H](Cc2ccccc2)C(C)(C)C)n1. The lowest BCUT2D eigenvalue weighted by atomic mass is 9.85. The third-order valence-electron chi connectivity index (χ3n) is 3.78. The van der Waals surface area contributed by atoms with Crippen molar-refractivity contribution >= 4 is 5.97 Å². The molecule has 5 heteroatoms. The minimum absolute atomic E-state index is 0.179. The Kier molecular flexibility index (Phi) is 5.54. The lowest BCUT2D eigenvalue weighted by Crippen LogP contribution is -2.36. The minimum atomic E-state index is -0.453. The monoisotopic (exact) mass is 328 g/mol. The summed E-state index contributed by atoms with van der Waals surface area (Å²) in [6.07, 6.45) is 0.347. The normalized spacial score (nSPS) is 12.7. The number of carbonyl (C=O) groups excluding carboxylic acids is 1. The Hall–Kier alpha value is -2.43. The van der Waals surface area contributed by atoms with Crippen LogP contribution in [0.15, 0.2) is 47.3 Å². The van der Waals surface area contributed by atoms with Crippen LogP contribution in [0.2, 0.25) is 0 Å². The summed E-state index contributed by atoms with van der Waals surface area (Å²) in [4.78, 5) is 24.1. The van der Waals surface area contributed by atoms with E-state index in [0.29, 0.717) is 12.1 Å². The maximum atomic E-state index is 12.3. The summed E-state index contributed by atoms with van der Waals surface area (Å²) in [5, 5.41) is 4.07. The van der Waals surface area contributed by atoms with Crippen molar-refractivity contribution in [2.24, 2.45) is 5.41 Å². The summed E-state index contributed by atoms with van der Waals surface area (Å²) in [6.45, 7) is 7.69. The van der Waals surface area contributed by atoms with Gasteiger partial charge >= 0.3 is 5.97 Å². The van der Waals surface area contributed by atoms with Crippen LogP contribution in [0.5, 0.6) is 0 Å². The summed E-state index contributed by atoms with van der Waals surface area (Å²) in [5.41, 5.74) is 1.26. The highest BCUT2D eigenvalue weighted by molar-refractivity contribution is 5.69. The molecule has 0 bridgehead atoms. The molecule has 2 rings (SSSR count). The number of rotatable bonds is 5. The molecule has 1 aromatic carbocycles. The molecule has 5 nitrogen and oxygen atoms in total. The van der Waals surface area contributed by atoms with E-state index in [1.807, 2.05) is 51.1 Å². The Labute approximate surface area is 142 Å². The van der Waals surface area contributed by atoms with Crippen molar-refractivity contribution in [2.75, 3.05) is 0 Å². The molecule has 0 aliphatic heterocycles. The van der Waals surface area contributed by atoms with E-state index < -0.39 is 5.97 Å². The Balaban J connectivity index is 2.10. The molecule has 0 unspecified atom stereocenters. The predicted octanol–water partition coefficient (Wildman–Crippen LogP) is 2.75. The molecule has 1 heterocycles. The van der Waals surface area contributed by atoms with E-state index in [0.717, 1.165) is 10.2 Å². The number of ether oxygens (including phenoxy) is 1. The van der Waals surface area contributed by atoms with Gasteiger partial charge in [-0.1, -0.05) is 51.1 Å². The van der Waals surface area contributed by atoms with Gasteiger partial charge in [0.05, 0.1) is 5.69 Å². The van der Waals surface area contributed by atoms with Crippen molar-refractivity contribution in [1.29, 1.82) is 0 Å². The highest BCUT2D eigenvalue weighted by Crippen LogP contribution is 2.25. The molecule has 1 atom stereocenters. The number of nitrogens with zero attached hydrogens (tertiary/aromatic N) is 2. The summed E-state index contributed by atoms with van der Waals surface area (Å²) < 4.78 is 6.82. The van der Waals surface area contributed by atoms with Gasteiger partial charge in [0.15, 0.2) is 0 Å². The maximum Gasteiger partial charge on any atom is 0.328 e. The second-order valence-electron chi connectivity index (χ2n) is 7.00. The maximum absolute atomic E-state index is 12.3. The van der Waals surface area contributed by atoms with Gasteiger partial charge in [0.1, 0.15) is 12.6 Å². The van der Waals surface area contributed by atoms with Crippen LogP contribution < -0.4 is 5.56 Å². The zero-order valence-corrected chi connectivity index (χ0v) is 14.7. The van der Waals surface area contributed by atoms with E-state index in [1.54, 1.807) is 13.0 Å². The molecule has 0 spiro atoms. The largest absolute Gasteiger partial charge is 0.460 e. The van der Waals surface area contributed by atoms with Crippen molar-refractivity contribution in [3.8, 4) is 0 Å². The standard InChI is InChI=1S/C19H24N2O3/c1-14-10-11-17(22)21(20-14)13-18(23)24-16(19(2,3)4)12-15-8-6-5-7-9-15/h5-11,16H,12-13H2,1-4H3/t16-/m0/s1. The number of aryl methyl sites for hydroxylation is 1. The van der Waals surface area contributed by atoms with Gasteiger partial charge in [-0.05, 0) is 24.0 Å². The highest BCUT2D eigenvalue weighted by Gasteiger charge is 2.28. The van der Waals surface area contributed by atoms with Gasteiger partial charge < -0.3 is 4.74 Å². The number of hydrogen-bond acceptors (Lipinski definition) is 4. The zero-order chi connectivity index (χ0) is 17.7. The Morgan fingerprint density at radius 2 is 1.83 bits per heavy atom. The van der Waals surface area contributed by atoms with Gasteiger partial charge in [-0.2, -0.15) is 5.10 Å². The van der Waals surface area contributed by atoms with Crippen LogP contribution in [-0.4, -0.2) is 21.9 Å². The van der Waals surface area contributed by atoms with Gasteiger partial charge in [-0.15, -0.1) is 0 Å². The van der Waals surface area contributed by atoms with Crippen LogP contribution >= 0.6 is 0 Å². The van der Waals surface area contributed by atoms with E-state index in [-0.39, 0.29) is 23.6 Å². The second-order valence-corrected chi connectivity index (χ2v) is 7.00. The lowest BCUT2D eigenvalue weighted by Gasteiger charge is -2.30. The summed E-state index contributed by atoms with van der Waals surface area (Å²) in [7, 11) is 0. The van der Waals surface area contributed by atoms with E-state index in [9.17, 15) is 9.59 Å². The average molecular weight is 328 g/mol. The first-order chi connectivity index (χ1) is 11.3. The molecule has 0 amide bonds. The molecule has 0 fully saturated rings. The van der Waals surface area contributed by atoms with E-state index >= 15 is 0 Å². The number of hydrogen-bond donors (Lipinski definition) is 0. The van der Waals surface area contributed by atoms with Gasteiger partial charge in [0.25, 0.3) is 5.56 Å². The Morgan fingerprint density at radius 1 is 1.17 bits per heavy atom. The lowest BCUT2D eigenvalue weighted by molar-refractivity contribution is -0.155. The van der Waals surface area contributed by atoms with E-state index in [4.69, 9.17) is 4.74 Å². The molecular formula is C19H24N2O3. The fourth-order valence-electron chi connectivity index (χ4n) is 2.34. The van der Waals surface area contributed by atoms with Crippen LogP contribution in [0.3, 0.4) is 0 Å². The molecule has 24 heavy (non-hydrogen) atoms. The van der Waals surface area contributed by atoms with Crippen LogP contribution in [0.25, 0.3) is 0 Å². The van der Waals surface area contributed by atoms with Crippen LogP contribution in [-0.2, 0) is 22.5 Å². The fourth-order valence-corrected chi connectivity index (χ4v) is 2.34. The third kappa shape index (κ3) is 5.05. The second kappa shape index (κ2) is 7.43. The predicted molar refractivity (Wildman–Crippen MR) is 92.7 cm³/mol. The van der Waals surface area contributed by atoms with Crippen molar-refractivity contribution in [3.63, 3.8) is 0 Å². The molecule has 0 aliphatic carbocycles. The first-order valence-corrected chi connectivity index (χ1v) is 8.04. The van der Waals surface area contributed by atoms with Gasteiger partial charge in [0.2, 0.25) is 0 Å². The summed E-state index contributed by atoms with van der Waals surface area (Å²) in [6, 6.07) is 12.9. The quantitative estimate of drug-likeness (QED) is 0.792. The van der Waals surface area contributed by atoms with Gasteiger partial charge in [-0.25, -0.2) is 4.68 Å². The van der Waals surface area contributed by atoms with Gasteiger partial charge in [-0.3, -0.25) is 9.59 Å². The molecule has 128 valence electrons. The zero-order valence-electron chi connectivity index (χ0n) is 14.7. The number of benzene rings is 1. The molecule has 2 aromatic rings. The smallest absolute Gasteiger partial charge is 0.328 e. The van der Waals surface area contributed by atoms with Crippen LogP contribution in [0.1, 0.15) is 32.0 Å². The first kappa shape index (κ1) is 17.9. The number of esters is 1. The molecule has 1 aromatic heterocycles. The molecular weight excluding hydrogens is 304 g/mol. The Morgan fingerprint density at radius 3 is 2.46 bits per heavy atom. The summed E-state index contributed by atoms with van der Waals surface area (Å²) in [5.74, 6) is -0.453. The average Bonchev–Trinajstić information content (AvgIpc) is 2.50. The molecule has 0 aliphatic rings. The van der Waals surface area contributed by atoms with Crippen molar-refractivity contribution < 1.29 is 9.53 Å². The van der Waals surface area contributed by atoms with Gasteiger partial charge in [0, 0.05) is 12.5 Å². The van der Waals surface area contributed by atoms with Crippen LogP contribution in [0.4, 0.5) is 0 Å². The minimum Gasteiger partial charge on any atom is -0.460 e. The first-order valence-electron chi connectivity index (χ1n) is 8.04.